The Bertz CT molecular complexity index is 838. The van der Waals surface area contributed by atoms with Crippen molar-refractivity contribution in [1.29, 1.82) is 0 Å². The lowest BCUT2D eigenvalue weighted by molar-refractivity contribution is 0.626. The second-order valence-electron chi connectivity index (χ2n) is 4.25. The van der Waals surface area contributed by atoms with E-state index >= 15 is 0 Å². The SMILES string of the molecule is Cc1cnc2c(c1)[nH]c(=S)n2-c1ccc(F)cc1I. The summed E-state index contributed by atoms with van der Waals surface area (Å²) >= 11 is 7.44. The molecular formula is C13H9FIN3S. The zero-order chi connectivity index (χ0) is 13.6. The van der Waals surface area contributed by atoms with Crippen molar-refractivity contribution in [2.24, 2.45) is 0 Å². The molecule has 0 radical (unpaired) electrons. The quantitative estimate of drug-likeness (QED) is 0.505. The Morgan fingerprint density at radius 2 is 2.16 bits per heavy atom. The maximum Gasteiger partial charge on any atom is 0.184 e. The van der Waals surface area contributed by atoms with Crippen LogP contribution in [0.15, 0.2) is 30.5 Å². The molecule has 0 unspecified atom stereocenters. The van der Waals surface area contributed by atoms with Gasteiger partial charge in [0.2, 0.25) is 0 Å². The average molecular weight is 385 g/mol. The molecule has 0 spiro atoms. The van der Waals surface area contributed by atoms with Gasteiger partial charge in [-0.3, -0.25) is 4.57 Å². The summed E-state index contributed by atoms with van der Waals surface area (Å²) in [6.45, 7) is 1.97. The van der Waals surface area contributed by atoms with Gasteiger partial charge >= 0.3 is 0 Å². The molecule has 19 heavy (non-hydrogen) atoms. The zero-order valence-electron chi connectivity index (χ0n) is 9.95. The van der Waals surface area contributed by atoms with Crippen molar-refractivity contribution in [1.82, 2.24) is 14.5 Å². The van der Waals surface area contributed by atoms with Crippen LogP contribution in [0.25, 0.3) is 16.9 Å². The van der Waals surface area contributed by atoms with Gasteiger partial charge in [-0.15, -0.1) is 0 Å². The fraction of sp³-hybridized carbons (Fsp3) is 0.0769. The van der Waals surface area contributed by atoms with E-state index in [1.807, 2.05) is 17.6 Å². The fourth-order valence-corrected chi connectivity index (χ4v) is 3.00. The van der Waals surface area contributed by atoms with Crippen LogP contribution < -0.4 is 0 Å². The van der Waals surface area contributed by atoms with Gasteiger partial charge in [0, 0.05) is 9.77 Å². The van der Waals surface area contributed by atoms with Gasteiger partial charge in [-0.2, -0.15) is 0 Å². The van der Waals surface area contributed by atoms with Crippen molar-refractivity contribution in [2.75, 3.05) is 0 Å². The van der Waals surface area contributed by atoms with Crippen LogP contribution >= 0.6 is 34.8 Å². The average Bonchev–Trinajstić information content (AvgIpc) is 2.65. The van der Waals surface area contributed by atoms with Crippen molar-refractivity contribution in [2.45, 2.75) is 6.92 Å². The predicted molar refractivity (Wildman–Crippen MR) is 83.7 cm³/mol. The number of H-pyrrole nitrogens is 1. The molecule has 0 aliphatic carbocycles. The Balaban J connectivity index is 2.36. The van der Waals surface area contributed by atoms with Gasteiger partial charge in [-0.05, 0) is 71.6 Å². The van der Waals surface area contributed by atoms with Gasteiger partial charge in [0.25, 0.3) is 0 Å². The Labute approximate surface area is 127 Å². The highest BCUT2D eigenvalue weighted by Crippen LogP contribution is 2.23. The first kappa shape index (κ1) is 12.7. The molecule has 96 valence electrons. The highest BCUT2D eigenvalue weighted by molar-refractivity contribution is 14.1. The lowest BCUT2D eigenvalue weighted by atomic mass is 10.3. The number of fused-ring (bicyclic) bond motifs is 1. The fourth-order valence-electron chi connectivity index (χ4n) is 1.99. The van der Waals surface area contributed by atoms with Crippen molar-refractivity contribution < 1.29 is 4.39 Å². The number of hydrogen-bond acceptors (Lipinski definition) is 2. The molecule has 0 bridgehead atoms. The number of halogens is 2. The molecule has 0 fully saturated rings. The molecule has 0 saturated carbocycles. The van der Waals surface area contributed by atoms with Crippen LogP contribution in [0.1, 0.15) is 5.56 Å². The smallest absolute Gasteiger partial charge is 0.184 e. The molecule has 0 aliphatic heterocycles. The summed E-state index contributed by atoms with van der Waals surface area (Å²) in [7, 11) is 0. The molecule has 1 aromatic carbocycles. The van der Waals surface area contributed by atoms with Crippen LogP contribution in [0.3, 0.4) is 0 Å². The largest absolute Gasteiger partial charge is 0.329 e. The van der Waals surface area contributed by atoms with Crippen LogP contribution in [0.5, 0.6) is 0 Å². The monoisotopic (exact) mass is 385 g/mol. The third-order valence-electron chi connectivity index (χ3n) is 2.81. The predicted octanol–water partition coefficient (Wildman–Crippen LogP) is 4.14. The van der Waals surface area contributed by atoms with Crippen molar-refractivity contribution in [3.63, 3.8) is 0 Å². The second kappa shape index (κ2) is 4.68. The molecule has 0 aliphatic rings. The number of aryl methyl sites for hydroxylation is 1. The van der Waals surface area contributed by atoms with Crippen LogP contribution in [0, 0.1) is 21.1 Å². The summed E-state index contributed by atoms with van der Waals surface area (Å²) in [6, 6.07) is 6.60. The first-order valence-corrected chi connectivity index (χ1v) is 7.08. The number of hydrogen-bond donors (Lipinski definition) is 1. The van der Waals surface area contributed by atoms with Crippen LogP contribution in [0.2, 0.25) is 0 Å². The summed E-state index contributed by atoms with van der Waals surface area (Å²) in [6.07, 6.45) is 1.79. The third-order valence-corrected chi connectivity index (χ3v) is 3.96. The maximum atomic E-state index is 13.2. The van der Waals surface area contributed by atoms with Crippen molar-refractivity contribution in [3.05, 3.63) is 50.2 Å². The number of aromatic nitrogens is 3. The molecule has 0 amide bonds. The van der Waals surface area contributed by atoms with E-state index in [-0.39, 0.29) is 5.82 Å². The third kappa shape index (κ3) is 2.18. The Kier molecular flexibility index (Phi) is 3.14. The summed E-state index contributed by atoms with van der Waals surface area (Å²) in [5, 5.41) is 0. The number of aromatic amines is 1. The van der Waals surface area contributed by atoms with E-state index in [0.717, 1.165) is 26.0 Å². The molecule has 6 heteroatoms. The number of pyridine rings is 1. The maximum absolute atomic E-state index is 13.2. The van der Waals surface area contributed by atoms with E-state index in [1.54, 1.807) is 12.3 Å². The normalized spacial score (nSPS) is 11.1. The number of nitrogens with one attached hydrogen (secondary N) is 1. The first-order chi connectivity index (χ1) is 9.06. The highest BCUT2D eigenvalue weighted by atomic mass is 127. The minimum atomic E-state index is -0.261. The Hall–Kier alpha value is -1.28. The lowest BCUT2D eigenvalue weighted by Crippen LogP contribution is -1.99. The first-order valence-electron chi connectivity index (χ1n) is 5.59. The van der Waals surface area contributed by atoms with Gasteiger partial charge in [0.15, 0.2) is 10.4 Å². The van der Waals surface area contributed by atoms with Crippen LogP contribution in [-0.4, -0.2) is 14.5 Å². The van der Waals surface area contributed by atoms with Crippen LogP contribution in [0.4, 0.5) is 4.39 Å². The molecule has 2 heterocycles. The van der Waals surface area contributed by atoms with E-state index in [1.165, 1.54) is 12.1 Å². The van der Waals surface area contributed by atoms with Crippen molar-refractivity contribution in [3.8, 4) is 5.69 Å². The second-order valence-corrected chi connectivity index (χ2v) is 5.79. The number of imidazole rings is 1. The van der Waals surface area contributed by atoms with Crippen LogP contribution in [-0.2, 0) is 0 Å². The molecule has 3 nitrogen and oxygen atoms in total. The lowest BCUT2D eigenvalue weighted by Gasteiger charge is -2.06. The van der Waals surface area contributed by atoms with E-state index in [4.69, 9.17) is 12.2 Å². The highest BCUT2D eigenvalue weighted by Gasteiger charge is 2.11. The standard InChI is InChI=1S/C13H9FIN3S/c1-7-4-10-12(16-6-7)18(13(19)17-10)11-3-2-8(14)5-9(11)15/h2-6H,1H3,(H,17,19). The summed E-state index contributed by atoms with van der Waals surface area (Å²) in [4.78, 5) is 7.54. The van der Waals surface area contributed by atoms with E-state index in [9.17, 15) is 4.39 Å². The summed E-state index contributed by atoms with van der Waals surface area (Å²) in [5.41, 5.74) is 3.52. The molecule has 3 aromatic rings. The number of benzene rings is 1. The van der Waals surface area contributed by atoms with E-state index < -0.39 is 0 Å². The molecular weight excluding hydrogens is 376 g/mol. The molecule has 0 saturated heterocycles. The van der Waals surface area contributed by atoms with Crippen molar-refractivity contribution >= 4 is 46.0 Å². The number of nitrogens with zero attached hydrogens (tertiary/aromatic N) is 2. The topological polar surface area (TPSA) is 33.6 Å². The Morgan fingerprint density at radius 3 is 2.89 bits per heavy atom. The van der Waals surface area contributed by atoms with Gasteiger partial charge in [-0.25, -0.2) is 9.37 Å². The van der Waals surface area contributed by atoms with Gasteiger partial charge < -0.3 is 4.98 Å². The minimum absolute atomic E-state index is 0.261. The zero-order valence-corrected chi connectivity index (χ0v) is 12.9. The van der Waals surface area contributed by atoms with E-state index in [2.05, 4.69) is 32.6 Å². The van der Waals surface area contributed by atoms with Gasteiger partial charge in [-0.1, -0.05) is 0 Å². The molecule has 3 rings (SSSR count). The molecule has 2 aromatic heterocycles. The molecule has 0 atom stereocenters. The van der Waals surface area contributed by atoms with Gasteiger partial charge in [0.1, 0.15) is 5.82 Å². The number of rotatable bonds is 1. The van der Waals surface area contributed by atoms with E-state index in [0.29, 0.717) is 4.77 Å². The molecule has 1 N–H and O–H groups in total. The van der Waals surface area contributed by atoms with Gasteiger partial charge in [0.05, 0.1) is 11.2 Å². The summed E-state index contributed by atoms with van der Waals surface area (Å²) < 4.78 is 16.4. The minimum Gasteiger partial charge on any atom is -0.329 e. The Morgan fingerprint density at radius 1 is 1.37 bits per heavy atom. The summed E-state index contributed by atoms with van der Waals surface area (Å²) in [5.74, 6) is -0.261.